The normalized spacial score (nSPS) is 11.9. The van der Waals surface area contributed by atoms with E-state index in [2.05, 4.69) is 4.74 Å². The molecular formula is C9H18N2O6S. The molecule has 0 saturated heterocycles. The number of hydrogen-bond acceptors (Lipinski definition) is 5. The molecule has 0 spiro atoms. The number of hydrogen-bond donors (Lipinski definition) is 3. The third-order valence-corrected chi connectivity index (χ3v) is 3.77. The molecule has 18 heavy (non-hydrogen) atoms. The van der Waals surface area contributed by atoms with Gasteiger partial charge in [0.25, 0.3) is 0 Å². The zero-order valence-electron chi connectivity index (χ0n) is 10.5. The van der Waals surface area contributed by atoms with E-state index in [1.807, 2.05) is 4.72 Å². The average molecular weight is 282 g/mol. The summed E-state index contributed by atoms with van der Waals surface area (Å²) in [6.45, 7) is 3.00. The van der Waals surface area contributed by atoms with E-state index >= 15 is 0 Å². The van der Waals surface area contributed by atoms with Crippen molar-refractivity contribution < 1.29 is 27.9 Å². The minimum absolute atomic E-state index is 0.263. The number of aliphatic carboxylic acids is 1. The van der Waals surface area contributed by atoms with Crippen LogP contribution < -0.4 is 9.44 Å². The summed E-state index contributed by atoms with van der Waals surface area (Å²) in [6.07, 6.45) is -0.615. The Morgan fingerprint density at radius 3 is 2.11 bits per heavy atom. The largest absolute Gasteiger partial charge is 0.481 e. The Labute approximate surface area is 106 Å². The smallest absolute Gasteiger partial charge is 0.421 e. The molecule has 0 unspecified atom stereocenters. The van der Waals surface area contributed by atoms with Crippen LogP contribution in [0.25, 0.3) is 0 Å². The van der Waals surface area contributed by atoms with Crippen molar-refractivity contribution in [2.75, 3.05) is 13.7 Å². The van der Waals surface area contributed by atoms with Crippen molar-refractivity contribution in [2.24, 2.45) is 5.41 Å². The summed E-state index contributed by atoms with van der Waals surface area (Å²) >= 11 is 0. The van der Waals surface area contributed by atoms with E-state index in [1.165, 1.54) is 0 Å². The van der Waals surface area contributed by atoms with E-state index in [1.54, 1.807) is 18.6 Å². The molecule has 106 valence electrons. The SMILES string of the molecule is CCC(CC)(CNS(=O)(=O)NC(=O)OC)C(=O)O. The van der Waals surface area contributed by atoms with Gasteiger partial charge in [-0.05, 0) is 12.8 Å². The summed E-state index contributed by atoms with van der Waals surface area (Å²) in [5, 5.41) is 9.10. The van der Waals surface area contributed by atoms with Gasteiger partial charge in [0.2, 0.25) is 0 Å². The molecule has 0 aromatic rings. The Balaban J connectivity index is 4.72. The van der Waals surface area contributed by atoms with Gasteiger partial charge < -0.3 is 9.84 Å². The van der Waals surface area contributed by atoms with Crippen molar-refractivity contribution in [3.63, 3.8) is 0 Å². The van der Waals surface area contributed by atoms with E-state index in [-0.39, 0.29) is 19.4 Å². The van der Waals surface area contributed by atoms with Crippen LogP contribution in [0.5, 0.6) is 0 Å². The number of methoxy groups -OCH3 is 1. The van der Waals surface area contributed by atoms with Crippen LogP contribution in [0.2, 0.25) is 0 Å². The number of rotatable bonds is 7. The highest BCUT2D eigenvalue weighted by Gasteiger charge is 2.36. The lowest BCUT2D eigenvalue weighted by Gasteiger charge is -2.26. The lowest BCUT2D eigenvalue weighted by atomic mass is 9.83. The zero-order valence-corrected chi connectivity index (χ0v) is 11.3. The van der Waals surface area contributed by atoms with Crippen molar-refractivity contribution in [1.29, 1.82) is 0 Å². The molecule has 0 aliphatic heterocycles. The quantitative estimate of drug-likeness (QED) is 0.607. The molecule has 0 heterocycles. The van der Waals surface area contributed by atoms with Crippen LogP contribution in [0.15, 0.2) is 0 Å². The Morgan fingerprint density at radius 1 is 1.28 bits per heavy atom. The van der Waals surface area contributed by atoms with Crippen LogP contribution in [0.1, 0.15) is 26.7 Å². The number of carboxylic acids is 1. The van der Waals surface area contributed by atoms with E-state index in [9.17, 15) is 18.0 Å². The molecule has 0 aliphatic rings. The third kappa shape index (κ3) is 4.49. The first kappa shape index (κ1) is 16.6. The molecule has 0 radical (unpaired) electrons. The average Bonchev–Trinajstić information content (AvgIpc) is 2.29. The van der Waals surface area contributed by atoms with Gasteiger partial charge >= 0.3 is 22.3 Å². The highest BCUT2D eigenvalue weighted by atomic mass is 32.2. The highest BCUT2D eigenvalue weighted by Crippen LogP contribution is 2.25. The number of carbonyl (C=O) groups excluding carboxylic acids is 1. The molecule has 0 saturated carbocycles. The molecule has 0 aliphatic carbocycles. The van der Waals surface area contributed by atoms with Crippen LogP contribution in [-0.2, 0) is 19.7 Å². The third-order valence-electron chi connectivity index (χ3n) is 2.81. The first-order valence-electron chi connectivity index (χ1n) is 5.31. The highest BCUT2D eigenvalue weighted by molar-refractivity contribution is 7.88. The van der Waals surface area contributed by atoms with Gasteiger partial charge in [0.15, 0.2) is 0 Å². The second kappa shape index (κ2) is 6.55. The van der Waals surface area contributed by atoms with E-state index in [0.29, 0.717) is 0 Å². The maximum absolute atomic E-state index is 11.4. The minimum atomic E-state index is -4.12. The molecule has 0 aromatic heterocycles. The maximum atomic E-state index is 11.4. The Hall–Kier alpha value is -1.35. The van der Waals surface area contributed by atoms with Crippen LogP contribution >= 0.6 is 0 Å². The van der Waals surface area contributed by atoms with Gasteiger partial charge in [-0.15, -0.1) is 0 Å². The number of carbonyl (C=O) groups is 2. The lowest BCUT2D eigenvalue weighted by molar-refractivity contribution is -0.149. The van der Waals surface area contributed by atoms with Crippen LogP contribution in [0.4, 0.5) is 4.79 Å². The molecule has 3 N–H and O–H groups in total. The number of ether oxygens (including phenoxy) is 1. The second-order valence-corrected chi connectivity index (χ2v) is 5.21. The number of amides is 1. The minimum Gasteiger partial charge on any atom is -0.481 e. The fourth-order valence-electron chi connectivity index (χ4n) is 1.30. The number of nitrogens with one attached hydrogen (secondary N) is 2. The van der Waals surface area contributed by atoms with Crippen molar-refractivity contribution >= 4 is 22.3 Å². The molecule has 9 heteroatoms. The predicted octanol–water partition coefficient (Wildman–Crippen LogP) is 0.0678. The van der Waals surface area contributed by atoms with Gasteiger partial charge in [-0.25, -0.2) is 9.52 Å². The molecule has 0 atom stereocenters. The van der Waals surface area contributed by atoms with Crippen molar-refractivity contribution in [3.8, 4) is 0 Å². The summed E-state index contributed by atoms with van der Waals surface area (Å²) in [5.74, 6) is -1.09. The summed E-state index contributed by atoms with van der Waals surface area (Å²) < 4.78 is 30.5. The molecule has 0 fully saturated rings. The van der Waals surface area contributed by atoms with Crippen molar-refractivity contribution in [2.45, 2.75) is 26.7 Å². The van der Waals surface area contributed by atoms with E-state index in [0.717, 1.165) is 7.11 Å². The van der Waals surface area contributed by atoms with Crippen molar-refractivity contribution in [3.05, 3.63) is 0 Å². The van der Waals surface area contributed by atoms with E-state index < -0.39 is 27.7 Å². The molecule has 0 bridgehead atoms. The first-order chi connectivity index (χ1) is 8.23. The zero-order chi connectivity index (χ0) is 14.4. The Bertz CT molecular complexity index is 401. The molecule has 1 amide bonds. The molecule has 0 aromatic carbocycles. The van der Waals surface area contributed by atoms with Crippen LogP contribution in [-0.4, -0.2) is 39.2 Å². The molecular weight excluding hydrogens is 264 g/mol. The number of carboxylic acid groups (broad SMARTS) is 1. The molecule has 8 nitrogen and oxygen atoms in total. The van der Waals surface area contributed by atoms with Gasteiger partial charge in [-0.2, -0.15) is 13.1 Å². The van der Waals surface area contributed by atoms with Crippen molar-refractivity contribution in [1.82, 2.24) is 9.44 Å². The maximum Gasteiger partial charge on any atom is 0.421 e. The van der Waals surface area contributed by atoms with Crippen LogP contribution in [0, 0.1) is 5.41 Å². The predicted molar refractivity (Wildman–Crippen MR) is 63.1 cm³/mol. The van der Waals surface area contributed by atoms with Gasteiger partial charge in [0, 0.05) is 6.54 Å². The Kier molecular flexibility index (Phi) is 6.06. The summed E-state index contributed by atoms with van der Waals surface area (Å²) in [6, 6.07) is 0. The first-order valence-corrected chi connectivity index (χ1v) is 6.80. The summed E-state index contributed by atoms with van der Waals surface area (Å²) in [4.78, 5) is 21.9. The fourth-order valence-corrected chi connectivity index (χ4v) is 2.14. The van der Waals surface area contributed by atoms with Crippen LogP contribution in [0.3, 0.4) is 0 Å². The van der Waals surface area contributed by atoms with Gasteiger partial charge in [0.1, 0.15) is 0 Å². The second-order valence-electron chi connectivity index (χ2n) is 3.71. The van der Waals surface area contributed by atoms with Gasteiger partial charge in [-0.3, -0.25) is 4.79 Å². The summed E-state index contributed by atoms with van der Waals surface area (Å²) in [7, 11) is -3.10. The Morgan fingerprint density at radius 2 is 1.78 bits per heavy atom. The summed E-state index contributed by atoms with van der Waals surface area (Å²) in [5.41, 5.74) is -1.19. The standard InChI is InChI=1S/C9H18N2O6S/c1-4-9(5-2,7(12)13)6-10-18(15,16)11-8(14)17-3/h10H,4-6H2,1-3H3,(H,11,14)(H,12,13). The molecule has 0 rings (SSSR count). The topological polar surface area (TPSA) is 122 Å². The van der Waals surface area contributed by atoms with E-state index in [4.69, 9.17) is 5.11 Å². The fraction of sp³-hybridized carbons (Fsp3) is 0.778. The monoisotopic (exact) mass is 282 g/mol. The van der Waals surface area contributed by atoms with Gasteiger partial charge in [-0.1, -0.05) is 13.8 Å². The lowest BCUT2D eigenvalue weighted by Crippen LogP contribution is -2.47. The van der Waals surface area contributed by atoms with Gasteiger partial charge in [0.05, 0.1) is 12.5 Å².